The van der Waals surface area contributed by atoms with Crippen molar-refractivity contribution in [2.75, 3.05) is 5.32 Å². The standard InChI is InChI=1S/C13H17NO2/c1-8(2)13(16)10-3-5-11-9(7-10)4-6-12(15)14-11/h3,5,7-8,13,16H,4,6H2,1-2H3,(H,14,15). The van der Waals surface area contributed by atoms with Crippen molar-refractivity contribution < 1.29 is 9.90 Å². The number of aliphatic hydroxyl groups excluding tert-OH is 1. The predicted molar refractivity (Wildman–Crippen MR) is 63.2 cm³/mol. The molecule has 1 aromatic rings. The fourth-order valence-corrected chi connectivity index (χ4v) is 1.97. The summed E-state index contributed by atoms with van der Waals surface area (Å²) in [7, 11) is 0. The summed E-state index contributed by atoms with van der Waals surface area (Å²) < 4.78 is 0. The molecule has 0 aromatic heterocycles. The van der Waals surface area contributed by atoms with Crippen LogP contribution in [-0.2, 0) is 11.2 Å². The van der Waals surface area contributed by atoms with Gasteiger partial charge in [0.2, 0.25) is 5.91 Å². The topological polar surface area (TPSA) is 49.3 Å². The molecule has 1 amide bonds. The van der Waals surface area contributed by atoms with E-state index in [-0.39, 0.29) is 11.8 Å². The Kier molecular flexibility index (Phi) is 2.97. The zero-order chi connectivity index (χ0) is 11.7. The Morgan fingerprint density at radius 3 is 2.75 bits per heavy atom. The Morgan fingerprint density at radius 2 is 2.06 bits per heavy atom. The van der Waals surface area contributed by atoms with E-state index in [9.17, 15) is 9.90 Å². The number of anilines is 1. The van der Waals surface area contributed by atoms with E-state index in [0.717, 1.165) is 23.2 Å². The minimum atomic E-state index is -0.428. The maximum atomic E-state index is 11.2. The van der Waals surface area contributed by atoms with E-state index in [1.165, 1.54) is 0 Å². The molecule has 2 rings (SSSR count). The molecule has 2 N–H and O–H groups in total. The van der Waals surface area contributed by atoms with Gasteiger partial charge in [0.05, 0.1) is 6.10 Å². The molecule has 3 heteroatoms. The fourth-order valence-electron chi connectivity index (χ4n) is 1.97. The molecule has 0 bridgehead atoms. The van der Waals surface area contributed by atoms with Crippen LogP contribution in [0.15, 0.2) is 18.2 Å². The van der Waals surface area contributed by atoms with Crippen molar-refractivity contribution in [3.8, 4) is 0 Å². The summed E-state index contributed by atoms with van der Waals surface area (Å²) in [5.41, 5.74) is 2.94. The van der Waals surface area contributed by atoms with Gasteiger partial charge in [-0.15, -0.1) is 0 Å². The molecule has 1 aliphatic rings. The average Bonchev–Trinajstić information content (AvgIpc) is 2.27. The van der Waals surface area contributed by atoms with E-state index in [1.54, 1.807) is 0 Å². The average molecular weight is 219 g/mol. The van der Waals surface area contributed by atoms with Crippen LogP contribution >= 0.6 is 0 Å². The van der Waals surface area contributed by atoms with E-state index >= 15 is 0 Å². The quantitative estimate of drug-likeness (QED) is 0.801. The van der Waals surface area contributed by atoms with Gasteiger partial charge in [-0.2, -0.15) is 0 Å². The Bertz CT molecular complexity index is 412. The highest BCUT2D eigenvalue weighted by Gasteiger charge is 2.18. The number of aliphatic hydroxyl groups is 1. The second-order valence-electron chi connectivity index (χ2n) is 4.65. The molecule has 1 aromatic carbocycles. The molecule has 16 heavy (non-hydrogen) atoms. The molecule has 0 radical (unpaired) electrons. The normalized spacial score (nSPS) is 16.9. The number of carbonyl (C=O) groups is 1. The smallest absolute Gasteiger partial charge is 0.224 e. The molecule has 3 nitrogen and oxygen atoms in total. The lowest BCUT2D eigenvalue weighted by Crippen LogP contribution is -2.19. The summed E-state index contributed by atoms with van der Waals surface area (Å²) in [5, 5.41) is 12.8. The number of amides is 1. The molecule has 0 saturated heterocycles. The van der Waals surface area contributed by atoms with Crippen molar-refractivity contribution in [2.45, 2.75) is 32.8 Å². The maximum absolute atomic E-state index is 11.2. The van der Waals surface area contributed by atoms with E-state index in [0.29, 0.717) is 6.42 Å². The van der Waals surface area contributed by atoms with E-state index in [2.05, 4.69) is 5.32 Å². The minimum absolute atomic E-state index is 0.0738. The van der Waals surface area contributed by atoms with Crippen LogP contribution in [0.3, 0.4) is 0 Å². The van der Waals surface area contributed by atoms with Gasteiger partial charge in [-0.3, -0.25) is 4.79 Å². The molecule has 1 unspecified atom stereocenters. The summed E-state index contributed by atoms with van der Waals surface area (Å²) in [6.07, 6.45) is 0.872. The fraction of sp³-hybridized carbons (Fsp3) is 0.462. The number of rotatable bonds is 2. The first kappa shape index (κ1) is 11.1. The number of fused-ring (bicyclic) bond motifs is 1. The predicted octanol–water partition coefficient (Wildman–Crippen LogP) is 2.26. The van der Waals surface area contributed by atoms with Crippen LogP contribution in [0, 0.1) is 5.92 Å². The van der Waals surface area contributed by atoms with Crippen LogP contribution in [0.4, 0.5) is 5.69 Å². The van der Waals surface area contributed by atoms with Gasteiger partial charge in [-0.05, 0) is 29.5 Å². The highest BCUT2D eigenvalue weighted by Crippen LogP contribution is 2.28. The number of aryl methyl sites for hydroxylation is 1. The summed E-state index contributed by atoms with van der Waals surface area (Å²) in [6.45, 7) is 3.98. The minimum Gasteiger partial charge on any atom is -0.388 e. The van der Waals surface area contributed by atoms with Gasteiger partial charge in [0.1, 0.15) is 0 Å². The Hall–Kier alpha value is -1.35. The van der Waals surface area contributed by atoms with E-state index in [1.807, 2.05) is 32.0 Å². The number of hydrogen-bond donors (Lipinski definition) is 2. The highest BCUT2D eigenvalue weighted by molar-refractivity contribution is 5.93. The van der Waals surface area contributed by atoms with Gasteiger partial charge < -0.3 is 10.4 Å². The third-order valence-corrected chi connectivity index (χ3v) is 3.00. The lowest BCUT2D eigenvalue weighted by Gasteiger charge is -2.20. The van der Waals surface area contributed by atoms with Crippen LogP contribution in [0.25, 0.3) is 0 Å². The van der Waals surface area contributed by atoms with Crippen LogP contribution < -0.4 is 5.32 Å². The molecular formula is C13H17NO2. The largest absolute Gasteiger partial charge is 0.388 e. The molecule has 0 saturated carbocycles. The molecule has 0 aliphatic carbocycles. The van der Waals surface area contributed by atoms with Crippen LogP contribution in [0.2, 0.25) is 0 Å². The summed E-state index contributed by atoms with van der Waals surface area (Å²) in [4.78, 5) is 11.2. The number of nitrogens with one attached hydrogen (secondary N) is 1. The van der Waals surface area contributed by atoms with Gasteiger partial charge in [-0.1, -0.05) is 26.0 Å². The third kappa shape index (κ3) is 2.09. The second kappa shape index (κ2) is 4.26. The van der Waals surface area contributed by atoms with Gasteiger partial charge in [0.25, 0.3) is 0 Å². The van der Waals surface area contributed by atoms with Crippen LogP contribution in [0.1, 0.15) is 37.5 Å². The number of hydrogen-bond acceptors (Lipinski definition) is 2. The van der Waals surface area contributed by atoms with E-state index in [4.69, 9.17) is 0 Å². The van der Waals surface area contributed by atoms with Gasteiger partial charge in [0.15, 0.2) is 0 Å². The molecule has 1 atom stereocenters. The van der Waals surface area contributed by atoms with Gasteiger partial charge in [-0.25, -0.2) is 0 Å². The number of benzene rings is 1. The first-order valence-corrected chi connectivity index (χ1v) is 5.68. The molecular weight excluding hydrogens is 202 g/mol. The summed E-state index contributed by atoms with van der Waals surface area (Å²) in [6, 6.07) is 5.77. The van der Waals surface area contributed by atoms with Gasteiger partial charge in [0, 0.05) is 12.1 Å². The molecule has 0 spiro atoms. The monoisotopic (exact) mass is 219 g/mol. The van der Waals surface area contributed by atoms with Crippen molar-refractivity contribution in [3.05, 3.63) is 29.3 Å². The first-order valence-electron chi connectivity index (χ1n) is 5.68. The Balaban J connectivity index is 2.29. The van der Waals surface area contributed by atoms with Crippen molar-refractivity contribution in [1.82, 2.24) is 0 Å². The highest BCUT2D eigenvalue weighted by atomic mass is 16.3. The lowest BCUT2D eigenvalue weighted by atomic mass is 9.94. The second-order valence-corrected chi connectivity index (χ2v) is 4.65. The summed E-state index contributed by atoms with van der Waals surface area (Å²) >= 11 is 0. The molecule has 1 heterocycles. The molecule has 1 aliphatic heterocycles. The maximum Gasteiger partial charge on any atom is 0.224 e. The van der Waals surface area contributed by atoms with Crippen molar-refractivity contribution in [3.63, 3.8) is 0 Å². The van der Waals surface area contributed by atoms with Crippen molar-refractivity contribution in [1.29, 1.82) is 0 Å². The third-order valence-electron chi connectivity index (χ3n) is 3.00. The SMILES string of the molecule is CC(C)C(O)c1ccc2c(c1)CCC(=O)N2. The summed E-state index contributed by atoms with van der Waals surface area (Å²) in [5.74, 6) is 0.279. The van der Waals surface area contributed by atoms with Crippen molar-refractivity contribution >= 4 is 11.6 Å². The Morgan fingerprint density at radius 1 is 1.31 bits per heavy atom. The van der Waals surface area contributed by atoms with Gasteiger partial charge >= 0.3 is 0 Å². The van der Waals surface area contributed by atoms with Crippen molar-refractivity contribution in [2.24, 2.45) is 5.92 Å². The lowest BCUT2D eigenvalue weighted by molar-refractivity contribution is -0.116. The van der Waals surface area contributed by atoms with Crippen LogP contribution in [-0.4, -0.2) is 11.0 Å². The molecule has 0 fully saturated rings. The zero-order valence-electron chi connectivity index (χ0n) is 9.66. The van der Waals surface area contributed by atoms with Crippen LogP contribution in [0.5, 0.6) is 0 Å². The Labute approximate surface area is 95.5 Å². The zero-order valence-corrected chi connectivity index (χ0v) is 9.66. The van der Waals surface area contributed by atoms with E-state index < -0.39 is 6.10 Å². The number of carbonyl (C=O) groups excluding carboxylic acids is 1. The first-order chi connectivity index (χ1) is 7.58. The molecule has 86 valence electrons.